The Labute approximate surface area is 137 Å². The third kappa shape index (κ3) is 5.20. The summed E-state index contributed by atoms with van der Waals surface area (Å²) in [6, 6.07) is 17.5. The van der Waals surface area contributed by atoms with E-state index >= 15 is 0 Å². The van der Waals surface area contributed by atoms with Crippen molar-refractivity contribution >= 4 is 10.1 Å². The van der Waals surface area contributed by atoms with Gasteiger partial charge in [0.15, 0.2) is 22.5 Å². The van der Waals surface area contributed by atoms with Crippen molar-refractivity contribution in [3.8, 4) is 0 Å². The summed E-state index contributed by atoms with van der Waals surface area (Å²) in [6.07, 6.45) is 5.35. The predicted octanol–water partition coefficient (Wildman–Crippen LogP) is 1.59. The molecule has 1 aliphatic rings. The fraction of sp³-hybridized carbons (Fsp3) is 0.267. The molecule has 2 heterocycles. The lowest BCUT2D eigenvalue weighted by Crippen LogP contribution is -2.45. The molecule has 1 saturated heterocycles. The van der Waals surface area contributed by atoms with Crippen LogP contribution in [0, 0.1) is 0 Å². The molecule has 5 nitrogen and oxygen atoms in total. The van der Waals surface area contributed by atoms with Crippen molar-refractivity contribution < 1.29 is 30.8 Å². The zero-order valence-corrected chi connectivity index (χ0v) is 13.2. The molecular formula is C15H15F3N2O3S. The van der Waals surface area contributed by atoms with Gasteiger partial charge in [-0.2, -0.15) is 18.2 Å². The van der Waals surface area contributed by atoms with Crippen LogP contribution in [0.1, 0.15) is 5.56 Å². The molecular weight excluding hydrogens is 345 g/mol. The van der Waals surface area contributed by atoms with E-state index in [4.69, 9.17) is 13.0 Å². The van der Waals surface area contributed by atoms with E-state index in [1.54, 1.807) is 0 Å². The van der Waals surface area contributed by atoms with Gasteiger partial charge in [-0.05, 0) is 5.56 Å². The highest BCUT2D eigenvalue weighted by Gasteiger charge is 2.40. The first-order valence-corrected chi connectivity index (χ1v) is 8.38. The normalized spacial score (nSPS) is 17.0. The lowest BCUT2D eigenvalue weighted by atomic mass is 10.1. The Morgan fingerprint density at radius 3 is 2.08 bits per heavy atom. The maximum atomic E-state index is 10.7. The molecule has 1 aromatic heterocycles. The molecule has 0 spiro atoms. The van der Waals surface area contributed by atoms with Gasteiger partial charge < -0.3 is 4.55 Å². The Hall–Kier alpha value is -2.13. The summed E-state index contributed by atoms with van der Waals surface area (Å²) in [5.74, 6) is 0. The Morgan fingerprint density at radius 1 is 1.08 bits per heavy atom. The predicted molar refractivity (Wildman–Crippen MR) is 79.4 cm³/mol. The van der Waals surface area contributed by atoms with E-state index in [0.717, 1.165) is 13.0 Å². The summed E-state index contributed by atoms with van der Waals surface area (Å²) in [7, 11) is -6.09. The molecule has 1 atom stereocenters. The van der Waals surface area contributed by atoms with Crippen molar-refractivity contribution in [1.29, 1.82) is 0 Å². The third-order valence-electron chi connectivity index (χ3n) is 3.28. The van der Waals surface area contributed by atoms with Crippen LogP contribution in [-0.4, -0.2) is 31.1 Å². The second-order valence-electron chi connectivity index (χ2n) is 5.12. The average molecular weight is 360 g/mol. The van der Waals surface area contributed by atoms with Gasteiger partial charge in [-0.3, -0.25) is 0 Å². The summed E-state index contributed by atoms with van der Waals surface area (Å²) in [4.78, 5) is 0. The first-order valence-electron chi connectivity index (χ1n) is 6.98. The fourth-order valence-corrected chi connectivity index (χ4v) is 2.07. The summed E-state index contributed by atoms with van der Waals surface area (Å²) in [5.41, 5.74) is -4.22. The van der Waals surface area contributed by atoms with Gasteiger partial charge >= 0.3 is 5.51 Å². The Kier molecular flexibility index (Phi) is 5.45. The third-order valence-corrected chi connectivity index (χ3v) is 3.85. The molecule has 1 aliphatic heterocycles. The van der Waals surface area contributed by atoms with E-state index < -0.39 is 15.6 Å². The number of halogens is 3. The van der Waals surface area contributed by atoms with Gasteiger partial charge in [-0.25, -0.2) is 8.42 Å². The molecule has 0 saturated carbocycles. The van der Waals surface area contributed by atoms with Crippen molar-refractivity contribution in [3.05, 3.63) is 66.5 Å². The number of rotatable bonds is 3. The minimum atomic E-state index is -6.09. The van der Waals surface area contributed by atoms with Gasteiger partial charge in [-0.1, -0.05) is 41.1 Å². The molecule has 0 bridgehead atoms. The van der Waals surface area contributed by atoms with Gasteiger partial charge in [0.2, 0.25) is 0 Å². The maximum absolute atomic E-state index is 10.7. The van der Waals surface area contributed by atoms with Gasteiger partial charge in [0.1, 0.15) is 6.04 Å². The molecule has 0 aliphatic carbocycles. The van der Waals surface area contributed by atoms with Crippen LogP contribution in [-0.2, 0) is 16.5 Å². The lowest BCUT2D eigenvalue weighted by Gasteiger charge is -2.08. The minimum absolute atomic E-state index is 0.662. The van der Waals surface area contributed by atoms with E-state index in [-0.39, 0.29) is 0 Å². The molecule has 24 heavy (non-hydrogen) atoms. The van der Waals surface area contributed by atoms with Crippen LogP contribution in [0.5, 0.6) is 0 Å². The standard InChI is InChI=1S/C14H15N2.CHF3O3S/c1-3-7-13(8-4-1)11-14-12-16(14)15-9-5-2-6-10-15;2-1(3,4)8(5,6)7/h1-10,14H,11-12H2;(H,5,6,7)/q+1;/p-1. The van der Waals surface area contributed by atoms with E-state index in [2.05, 4.69) is 64.5 Å². The minimum Gasteiger partial charge on any atom is -0.741 e. The van der Waals surface area contributed by atoms with Gasteiger partial charge in [0.25, 0.3) is 0 Å². The summed E-state index contributed by atoms with van der Waals surface area (Å²) < 4.78 is 61.1. The fourth-order valence-electron chi connectivity index (χ4n) is 2.07. The smallest absolute Gasteiger partial charge is 0.485 e. The van der Waals surface area contributed by atoms with Crippen LogP contribution in [0.15, 0.2) is 60.9 Å². The molecule has 0 amide bonds. The first kappa shape index (κ1) is 18.2. The number of alkyl halides is 3. The summed E-state index contributed by atoms with van der Waals surface area (Å²) in [5, 5.41) is 2.37. The van der Waals surface area contributed by atoms with Gasteiger partial charge in [-0.15, -0.1) is 0 Å². The van der Waals surface area contributed by atoms with Gasteiger partial charge in [0, 0.05) is 18.6 Å². The van der Waals surface area contributed by atoms with E-state index in [1.165, 1.54) is 5.56 Å². The SMILES string of the molecule is O=S(=O)([O-])C(F)(F)F.c1ccc(CC2CN2[n+]2ccccc2)cc1. The molecule has 3 rings (SSSR count). The van der Waals surface area contributed by atoms with Crippen molar-refractivity contribution in [2.45, 2.75) is 18.0 Å². The zero-order chi connectivity index (χ0) is 17.8. The highest BCUT2D eigenvalue weighted by molar-refractivity contribution is 7.86. The van der Waals surface area contributed by atoms with Crippen LogP contribution >= 0.6 is 0 Å². The van der Waals surface area contributed by atoms with Crippen LogP contribution in [0.25, 0.3) is 0 Å². The van der Waals surface area contributed by atoms with Crippen LogP contribution < -0.4 is 9.69 Å². The topological polar surface area (TPSA) is 64.1 Å². The van der Waals surface area contributed by atoms with Crippen molar-refractivity contribution in [1.82, 2.24) is 0 Å². The second kappa shape index (κ2) is 7.18. The number of benzene rings is 1. The first-order chi connectivity index (χ1) is 11.2. The molecule has 1 aromatic carbocycles. The molecule has 0 radical (unpaired) electrons. The van der Waals surface area contributed by atoms with Crippen molar-refractivity contribution in [2.75, 3.05) is 11.6 Å². The lowest BCUT2D eigenvalue weighted by molar-refractivity contribution is -0.677. The van der Waals surface area contributed by atoms with E-state index in [9.17, 15) is 13.2 Å². The number of hydrogen-bond acceptors (Lipinski definition) is 4. The zero-order valence-electron chi connectivity index (χ0n) is 12.4. The number of hydrogen-bond donors (Lipinski definition) is 0. The van der Waals surface area contributed by atoms with Crippen LogP contribution in [0.2, 0.25) is 0 Å². The Morgan fingerprint density at radius 2 is 1.58 bits per heavy atom. The van der Waals surface area contributed by atoms with E-state index in [0.29, 0.717) is 6.04 Å². The molecule has 0 N–H and O–H groups in total. The Bertz CT molecular complexity index is 753. The quantitative estimate of drug-likeness (QED) is 0.361. The molecule has 1 unspecified atom stereocenters. The molecule has 1 fully saturated rings. The monoisotopic (exact) mass is 360 g/mol. The summed E-state index contributed by atoms with van der Waals surface area (Å²) >= 11 is 0. The van der Waals surface area contributed by atoms with Crippen molar-refractivity contribution in [2.24, 2.45) is 0 Å². The van der Waals surface area contributed by atoms with Gasteiger partial charge in [0.05, 0.1) is 6.54 Å². The number of aromatic nitrogens is 1. The van der Waals surface area contributed by atoms with Crippen LogP contribution in [0.4, 0.5) is 13.2 Å². The maximum Gasteiger partial charge on any atom is 0.485 e. The van der Waals surface area contributed by atoms with Crippen LogP contribution in [0.3, 0.4) is 0 Å². The van der Waals surface area contributed by atoms with E-state index in [1.807, 2.05) is 6.07 Å². The number of pyridine rings is 1. The largest absolute Gasteiger partial charge is 0.741 e. The molecule has 2 aromatic rings. The molecule has 9 heteroatoms. The van der Waals surface area contributed by atoms with Crippen molar-refractivity contribution in [3.63, 3.8) is 0 Å². The summed E-state index contributed by atoms with van der Waals surface area (Å²) in [6.45, 7) is 1.16. The highest BCUT2D eigenvalue weighted by Crippen LogP contribution is 2.20. The second-order valence-corrected chi connectivity index (χ2v) is 6.49. The Balaban J connectivity index is 0.000000224. The number of nitrogens with zero attached hydrogens (tertiary/aromatic N) is 2. The average Bonchev–Trinajstić information content (AvgIpc) is 3.27. The highest BCUT2D eigenvalue weighted by atomic mass is 32.2. The molecule has 130 valence electrons.